The molecule has 0 amide bonds. The van der Waals surface area contributed by atoms with Crippen LogP contribution in [0.5, 0.6) is 0 Å². The van der Waals surface area contributed by atoms with Crippen LogP contribution in [0, 0.1) is 5.92 Å². The molecule has 7 heteroatoms. The zero-order valence-corrected chi connectivity index (χ0v) is 15.0. The minimum Gasteiger partial charge on any atom is -0.376 e. The highest BCUT2D eigenvalue weighted by molar-refractivity contribution is 4.97. The Kier molecular flexibility index (Phi) is 5.97. The Balaban J connectivity index is 1.70. The molecule has 1 aromatic rings. The Labute approximate surface area is 144 Å². The average Bonchev–Trinajstić information content (AvgIpc) is 3.22. The first-order chi connectivity index (χ1) is 11.7. The second kappa shape index (κ2) is 8.18. The molecule has 7 nitrogen and oxygen atoms in total. The third kappa shape index (κ3) is 4.02. The number of rotatable bonds is 7. The normalized spacial score (nSPS) is 24.5. The molecule has 134 valence electrons. The van der Waals surface area contributed by atoms with E-state index in [1.165, 1.54) is 0 Å². The molecule has 0 bridgehead atoms. The van der Waals surface area contributed by atoms with E-state index in [-0.39, 0.29) is 12.1 Å². The van der Waals surface area contributed by atoms with Crippen molar-refractivity contribution in [2.75, 3.05) is 39.3 Å². The molecule has 2 aliphatic rings. The lowest BCUT2D eigenvalue weighted by Crippen LogP contribution is -2.49. The standard InChI is InChI=1S/C17H30N6O/c1-4-7-21-8-10-22(11-9-21)16(14(2)3)17-18-19-20-23(17)13-15-6-5-12-24-15/h4,14-16H,1,5-13H2,2-3H3. The zero-order valence-electron chi connectivity index (χ0n) is 15.0. The molecule has 3 rings (SSSR count). The van der Waals surface area contributed by atoms with Crippen LogP contribution in [0.2, 0.25) is 0 Å². The summed E-state index contributed by atoms with van der Waals surface area (Å²) in [5.74, 6) is 1.45. The summed E-state index contributed by atoms with van der Waals surface area (Å²) in [4.78, 5) is 4.97. The van der Waals surface area contributed by atoms with Gasteiger partial charge in [0.05, 0.1) is 18.7 Å². The highest BCUT2D eigenvalue weighted by Crippen LogP contribution is 2.28. The molecule has 0 spiro atoms. The average molecular weight is 334 g/mol. The lowest BCUT2D eigenvalue weighted by Gasteiger charge is -2.40. The van der Waals surface area contributed by atoms with Gasteiger partial charge in [0.1, 0.15) is 0 Å². The minimum absolute atomic E-state index is 0.254. The fourth-order valence-electron chi connectivity index (χ4n) is 3.82. The van der Waals surface area contributed by atoms with Crippen LogP contribution in [0.25, 0.3) is 0 Å². The summed E-state index contributed by atoms with van der Waals surface area (Å²) >= 11 is 0. The van der Waals surface area contributed by atoms with E-state index >= 15 is 0 Å². The molecular formula is C17H30N6O. The van der Waals surface area contributed by atoms with Crippen molar-refractivity contribution in [2.45, 2.75) is 45.4 Å². The number of nitrogens with zero attached hydrogens (tertiary/aromatic N) is 6. The van der Waals surface area contributed by atoms with E-state index in [1.54, 1.807) is 0 Å². The topological polar surface area (TPSA) is 59.3 Å². The molecule has 3 heterocycles. The fourth-order valence-corrected chi connectivity index (χ4v) is 3.82. The van der Waals surface area contributed by atoms with Crippen molar-refractivity contribution in [2.24, 2.45) is 5.92 Å². The smallest absolute Gasteiger partial charge is 0.168 e. The Morgan fingerprint density at radius 3 is 2.71 bits per heavy atom. The number of hydrogen-bond acceptors (Lipinski definition) is 6. The van der Waals surface area contributed by atoms with Gasteiger partial charge in [-0.15, -0.1) is 11.7 Å². The van der Waals surface area contributed by atoms with Gasteiger partial charge in [0, 0.05) is 39.3 Å². The molecule has 1 aromatic heterocycles. The van der Waals surface area contributed by atoms with Crippen LogP contribution in [-0.4, -0.2) is 75.4 Å². The third-order valence-electron chi connectivity index (χ3n) is 5.04. The Bertz CT molecular complexity index is 517. The Morgan fingerprint density at radius 1 is 1.29 bits per heavy atom. The van der Waals surface area contributed by atoms with Gasteiger partial charge in [-0.1, -0.05) is 19.9 Å². The van der Waals surface area contributed by atoms with Crippen molar-refractivity contribution in [1.82, 2.24) is 30.0 Å². The van der Waals surface area contributed by atoms with Crippen molar-refractivity contribution in [3.05, 3.63) is 18.5 Å². The molecule has 0 radical (unpaired) electrons. The van der Waals surface area contributed by atoms with Gasteiger partial charge in [0.25, 0.3) is 0 Å². The molecule has 2 unspecified atom stereocenters. The van der Waals surface area contributed by atoms with Crippen molar-refractivity contribution in [3.63, 3.8) is 0 Å². The number of tetrazole rings is 1. The molecule has 0 saturated carbocycles. The first-order valence-corrected chi connectivity index (χ1v) is 9.14. The van der Waals surface area contributed by atoms with Gasteiger partial charge in [-0.25, -0.2) is 4.68 Å². The molecule has 2 fully saturated rings. The summed E-state index contributed by atoms with van der Waals surface area (Å²) < 4.78 is 7.73. The predicted molar refractivity (Wildman–Crippen MR) is 92.6 cm³/mol. The maximum atomic E-state index is 5.76. The second-order valence-electron chi connectivity index (χ2n) is 7.17. The van der Waals surface area contributed by atoms with Crippen LogP contribution in [0.3, 0.4) is 0 Å². The first kappa shape index (κ1) is 17.5. The van der Waals surface area contributed by atoms with Crippen LogP contribution in [0.1, 0.15) is 38.6 Å². The SMILES string of the molecule is C=CCN1CCN(C(c2nnnn2CC2CCCO2)C(C)C)CC1. The van der Waals surface area contributed by atoms with E-state index in [1.807, 2.05) is 10.8 Å². The van der Waals surface area contributed by atoms with E-state index < -0.39 is 0 Å². The number of hydrogen-bond donors (Lipinski definition) is 0. The van der Waals surface area contributed by atoms with E-state index in [0.29, 0.717) is 5.92 Å². The number of aromatic nitrogens is 4. The van der Waals surface area contributed by atoms with Crippen LogP contribution < -0.4 is 0 Å². The van der Waals surface area contributed by atoms with E-state index in [0.717, 1.165) is 64.5 Å². The summed E-state index contributed by atoms with van der Waals surface area (Å²) in [6.07, 6.45) is 4.48. The molecule has 24 heavy (non-hydrogen) atoms. The summed E-state index contributed by atoms with van der Waals surface area (Å²) in [7, 11) is 0. The highest BCUT2D eigenvalue weighted by Gasteiger charge is 2.32. The maximum Gasteiger partial charge on any atom is 0.168 e. The van der Waals surface area contributed by atoms with Gasteiger partial charge in [0.15, 0.2) is 5.82 Å². The second-order valence-corrected chi connectivity index (χ2v) is 7.17. The monoisotopic (exact) mass is 334 g/mol. The van der Waals surface area contributed by atoms with Gasteiger partial charge in [-0.3, -0.25) is 9.80 Å². The molecular weight excluding hydrogens is 304 g/mol. The first-order valence-electron chi connectivity index (χ1n) is 9.14. The van der Waals surface area contributed by atoms with Crippen LogP contribution >= 0.6 is 0 Å². The van der Waals surface area contributed by atoms with Gasteiger partial charge < -0.3 is 4.74 Å². The minimum atomic E-state index is 0.254. The van der Waals surface area contributed by atoms with Crippen LogP contribution in [0.4, 0.5) is 0 Å². The maximum absolute atomic E-state index is 5.76. The van der Waals surface area contributed by atoms with E-state index in [9.17, 15) is 0 Å². The Hall–Kier alpha value is -1.31. The van der Waals surface area contributed by atoms with Crippen LogP contribution in [-0.2, 0) is 11.3 Å². The van der Waals surface area contributed by atoms with Gasteiger partial charge in [0.2, 0.25) is 0 Å². The highest BCUT2D eigenvalue weighted by atomic mass is 16.5. The summed E-state index contributed by atoms with van der Waals surface area (Å²) in [5, 5.41) is 12.6. The van der Waals surface area contributed by atoms with Crippen molar-refractivity contribution in [1.29, 1.82) is 0 Å². The van der Waals surface area contributed by atoms with Crippen molar-refractivity contribution >= 4 is 0 Å². The van der Waals surface area contributed by atoms with Gasteiger partial charge in [-0.05, 0) is 29.2 Å². The lowest BCUT2D eigenvalue weighted by molar-refractivity contribution is 0.0672. The summed E-state index contributed by atoms with van der Waals surface area (Å²) in [6.45, 7) is 15.2. The third-order valence-corrected chi connectivity index (χ3v) is 5.04. The van der Waals surface area contributed by atoms with Gasteiger partial charge >= 0.3 is 0 Å². The quantitative estimate of drug-likeness (QED) is 0.702. The molecule has 0 N–H and O–H groups in total. The predicted octanol–water partition coefficient (Wildman–Crippen LogP) is 1.35. The van der Waals surface area contributed by atoms with E-state index in [2.05, 4.69) is 45.8 Å². The van der Waals surface area contributed by atoms with E-state index in [4.69, 9.17) is 4.74 Å². The zero-order chi connectivity index (χ0) is 16.9. The molecule has 0 aromatic carbocycles. The van der Waals surface area contributed by atoms with Crippen molar-refractivity contribution < 1.29 is 4.74 Å². The molecule has 2 aliphatic heterocycles. The summed E-state index contributed by atoms with van der Waals surface area (Å²) in [6, 6.07) is 0.257. The fraction of sp³-hybridized carbons (Fsp3) is 0.824. The number of ether oxygens (including phenoxy) is 1. The summed E-state index contributed by atoms with van der Waals surface area (Å²) in [5.41, 5.74) is 0. The Morgan fingerprint density at radius 2 is 2.08 bits per heavy atom. The van der Waals surface area contributed by atoms with Crippen molar-refractivity contribution in [3.8, 4) is 0 Å². The van der Waals surface area contributed by atoms with Crippen LogP contribution in [0.15, 0.2) is 12.7 Å². The van der Waals surface area contributed by atoms with Gasteiger partial charge in [-0.2, -0.15) is 0 Å². The molecule has 2 atom stereocenters. The number of piperazine rings is 1. The lowest BCUT2D eigenvalue weighted by atomic mass is 10.0. The largest absolute Gasteiger partial charge is 0.376 e. The molecule has 2 saturated heterocycles. The molecule has 0 aliphatic carbocycles.